The van der Waals surface area contributed by atoms with E-state index in [0.717, 1.165) is 25.2 Å². The van der Waals surface area contributed by atoms with Gasteiger partial charge in [-0.15, -0.1) is 0 Å². The summed E-state index contributed by atoms with van der Waals surface area (Å²) in [6.45, 7) is 5.45. The number of amides is 1. The van der Waals surface area contributed by atoms with Crippen LogP contribution in [0, 0.1) is 0 Å². The Morgan fingerprint density at radius 3 is 2.42 bits per heavy atom. The molecule has 1 heterocycles. The highest BCUT2D eigenvalue weighted by molar-refractivity contribution is 6.02. The smallest absolute Gasteiger partial charge is 0.356 e. The third-order valence-electron chi connectivity index (χ3n) is 3.41. The SMILES string of the molecule is CCN(CC)c1cnc(C(=O)Nc2cccc(C(F)(F)F)c2)cn1. The lowest BCUT2D eigenvalue weighted by molar-refractivity contribution is -0.137. The van der Waals surface area contributed by atoms with E-state index in [1.165, 1.54) is 24.5 Å². The van der Waals surface area contributed by atoms with E-state index in [4.69, 9.17) is 0 Å². The minimum Gasteiger partial charge on any atom is -0.356 e. The predicted molar refractivity (Wildman–Crippen MR) is 85.0 cm³/mol. The first-order valence-corrected chi connectivity index (χ1v) is 7.40. The van der Waals surface area contributed by atoms with Crippen LogP contribution in [0.15, 0.2) is 36.7 Å². The Morgan fingerprint density at radius 2 is 1.88 bits per heavy atom. The topological polar surface area (TPSA) is 58.1 Å². The zero-order valence-corrected chi connectivity index (χ0v) is 13.3. The molecule has 0 unspecified atom stereocenters. The molecule has 2 rings (SSSR count). The monoisotopic (exact) mass is 338 g/mol. The number of benzene rings is 1. The molecule has 1 aromatic heterocycles. The molecule has 0 saturated heterocycles. The van der Waals surface area contributed by atoms with Gasteiger partial charge in [0.1, 0.15) is 11.5 Å². The molecular weight excluding hydrogens is 321 g/mol. The molecule has 1 N–H and O–H groups in total. The summed E-state index contributed by atoms with van der Waals surface area (Å²) in [5.74, 6) is 0.0172. The molecule has 0 aliphatic heterocycles. The van der Waals surface area contributed by atoms with Crippen LogP contribution >= 0.6 is 0 Å². The molecule has 8 heteroatoms. The van der Waals surface area contributed by atoms with Crippen LogP contribution in [0.4, 0.5) is 24.7 Å². The third-order valence-corrected chi connectivity index (χ3v) is 3.41. The number of nitrogens with one attached hydrogen (secondary N) is 1. The Morgan fingerprint density at radius 1 is 1.17 bits per heavy atom. The number of rotatable bonds is 5. The second-order valence-electron chi connectivity index (χ2n) is 4.96. The van der Waals surface area contributed by atoms with Crippen LogP contribution in [0.5, 0.6) is 0 Å². The number of alkyl halides is 3. The van der Waals surface area contributed by atoms with E-state index in [1.807, 2.05) is 18.7 Å². The van der Waals surface area contributed by atoms with Crippen molar-refractivity contribution in [2.45, 2.75) is 20.0 Å². The maximum atomic E-state index is 12.7. The fourth-order valence-electron chi connectivity index (χ4n) is 2.12. The van der Waals surface area contributed by atoms with Gasteiger partial charge in [0.2, 0.25) is 0 Å². The number of hydrogen-bond donors (Lipinski definition) is 1. The normalized spacial score (nSPS) is 11.2. The summed E-state index contributed by atoms with van der Waals surface area (Å²) in [6, 6.07) is 4.42. The summed E-state index contributed by atoms with van der Waals surface area (Å²) >= 11 is 0. The maximum absolute atomic E-state index is 12.7. The van der Waals surface area contributed by atoms with Gasteiger partial charge in [-0.25, -0.2) is 9.97 Å². The minimum absolute atomic E-state index is 0.0308. The minimum atomic E-state index is -4.47. The molecule has 0 radical (unpaired) electrons. The van der Waals surface area contributed by atoms with Crippen molar-refractivity contribution in [2.75, 3.05) is 23.3 Å². The van der Waals surface area contributed by atoms with E-state index < -0.39 is 17.6 Å². The standard InChI is InChI=1S/C16H17F3N4O/c1-3-23(4-2)14-10-20-13(9-21-14)15(24)22-12-7-5-6-11(8-12)16(17,18)19/h5-10H,3-4H2,1-2H3,(H,22,24). The van der Waals surface area contributed by atoms with Crippen LogP contribution in [-0.4, -0.2) is 29.0 Å². The van der Waals surface area contributed by atoms with E-state index in [-0.39, 0.29) is 11.4 Å². The van der Waals surface area contributed by atoms with Crippen molar-refractivity contribution in [2.24, 2.45) is 0 Å². The lowest BCUT2D eigenvalue weighted by atomic mass is 10.2. The molecule has 0 aliphatic carbocycles. The Hall–Kier alpha value is -2.64. The van der Waals surface area contributed by atoms with Crippen molar-refractivity contribution < 1.29 is 18.0 Å². The van der Waals surface area contributed by atoms with Gasteiger partial charge in [0, 0.05) is 18.8 Å². The van der Waals surface area contributed by atoms with Gasteiger partial charge in [-0.05, 0) is 32.0 Å². The van der Waals surface area contributed by atoms with Crippen LogP contribution in [0.2, 0.25) is 0 Å². The number of aromatic nitrogens is 2. The third kappa shape index (κ3) is 4.21. The molecule has 0 bridgehead atoms. The molecule has 24 heavy (non-hydrogen) atoms. The predicted octanol–water partition coefficient (Wildman–Crippen LogP) is 3.59. The van der Waals surface area contributed by atoms with E-state index in [2.05, 4.69) is 15.3 Å². The molecule has 2 aromatic rings. The van der Waals surface area contributed by atoms with Crippen LogP contribution in [0.1, 0.15) is 29.9 Å². The Labute approximate surface area is 137 Å². The lowest BCUT2D eigenvalue weighted by Gasteiger charge is -2.19. The molecule has 5 nitrogen and oxygen atoms in total. The number of carbonyl (C=O) groups excluding carboxylic acids is 1. The first kappa shape index (κ1) is 17.7. The van der Waals surface area contributed by atoms with Crippen molar-refractivity contribution in [1.29, 1.82) is 0 Å². The van der Waals surface area contributed by atoms with Gasteiger partial charge in [-0.3, -0.25) is 4.79 Å². The van der Waals surface area contributed by atoms with Crippen LogP contribution < -0.4 is 10.2 Å². The molecule has 0 aliphatic rings. The summed E-state index contributed by atoms with van der Waals surface area (Å²) in [5, 5.41) is 2.39. The first-order chi connectivity index (χ1) is 11.3. The maximum Gasteiger partial charge on any atom is 0.416 e. The van der Waals surface area contributed by atoms with Gasteiger partial charge in [0.25, 0.3) is 5.91 Å². The Balaban J connectivity index is 2.13. The van der Waals surface area contributed by atoms with Crippen molar-refractivity contribution in [3.63, 3.8) is 0 Å². The van der Waals surface area contributed by atoms with Gasteiger partial charge in [0.15, 0.2) is 0 Å². The molecule has 128 valence electrons. The number of halogens is 3. The summed E-state index contributed by atoms with van der Waals surface area (Å²) in [6.07, 6.45) is -1.70. The highest BCUT2D eigenvalue weighted by Gasteiger charge is 2.30. The first-order valence-electron chi connectivity index (χ1n) is 7.40. The summed E-state index contributed by atoms with van der Waals surface area (Å²) in [4.78, 5) is 22.2. The summed E-state index contributed by atoms with van der Waals surface area (Å²) in [5.41, 5.74) is -0.754. The quantitative estimate of drug-likeness (QED) is 0.905. The highest BCUT2D eigenvalue weighted by atomic mass is 19.4. The van der Waals surface area contributed by atoms with Crippen molar-refractivity contribution in [1.82, 2.24) is 9.97 Å². The highest BCUT2D eigenvalue weighted by Crippen LogP contribution is 2.30. The fraction of sp³-hybridized carbons (Fsp3) is 0.312. The molecule has 0 spiro atoms. The molecule has 1 amide bonds. The van der Waals surface area contributed by atoms with Crippen molar-refractivity contribution in [3.05, 3.63) is 47.9 Å². The second-order valence-corrected chi connectivity index (χ2v) is 4.96. The van der Waals surface area contributed by atoms with Gasteiger partial charge >= 0.3 is 6.18 Å². The number of hydrogen-bond acceptors (Lipinski definition) is 4. The van der Waals surface area contributed by atoms with E-state index in [1.54, 1.807) is 0 Å². The Bertz CT molecular complexity index is 697. The molecule has 1 aromatic carbocycles. The molecule has 0 saturated carbocycles. The summed E-state index contributed by atoms with van der Waals surface area (Å²) < 4.78 is 38.0. The van der Waals surface area contributed by atoms with Gasteiger partial charge in [0.05, 0.1) is 18.0 Å². The van der Waals surface area contributed by atoms with Crippen LogP contribution in [-0.2, 0) is 6.18 Å². The number of anilines is 2. The fourth-order valence-corrected chi connectivity index (χ4v) is 2.12. The Kier molecular flexibility index (Phi) is 5.38. The second kappa shape index (κ2) is 7.29. The van der Waals surface area contributed by atoms with E-state index in [0.29, 0.717) is 5.82 Å². The van der Waals surface area contributed by atoms with E-state index in [9.17, 15) is 18.0 Å². The van der Waals surface area contributed by atoms with Gasteiger partial charge < -0.3 is 10.2 Å². The molecule has 0 atom stereocenters. The summed E-state index contributed by atoms with van der Waals surface area (Å²) in [7, 11) is 0. The largest absolute Gasteiger partial charge is 0.416 e. The van der Waals surface area contributed by atoms with Gasteiger partial charge in [-0.1, -0.05) is 6.07 Å². The molecule has 0 fully saturated rings. The lowest BCUT2D eigenvalue weighted by Crippen LogP contribution is -2.23. The van der Waals surface area contributed by atoms with Crippen LogP contribution in [0.3, 0.4) is 0 Å². The zero-order valence-electron chi connectivity index (χ0n) is 13.3. The van der Waals surface area contributed by atoms with Crippen molar-refractivity contribution >= 4 is 17.4 Å². The van der Waals surface area contributed by atoms with Crippen molar-refractivity contribution in [3.8, 4) is 0 Å². The number of carbonyl (C=O) groups is 1. The zero-order chi connectivity index (χ0) is 17.7. The van der Waals surface area contributed by atoms with Crippen LogP contribution in [0.25, 0.3) is 0 Å². The average molecular weight is 338 g/mol. The molecular formula is C16H17F3N4O. The van der Waals surface area contributed by atoms with E-state index >= 15 is 0 Å². The number of nitrogens with zero attached hydrogens (tertiary/aromatic N) is 3. The average Bonchev–Trinajstić information content (AvgIpc) is 2.56. The van der Waals surface area contributed by atoms with Gasteiger partial charge in [-0.2, -0.15) is 13.2 Å².